The van der Waals surface area contributed by atoms with Crippen LogP contribution in [0.4, 0.5) is 0 Å². The summed E-state index contributed by atoms with van der Waals surface area (Å²) in [7, 11) is 3.44. The number of phenolic OH excluding ortho intramolecular Hbond substituents is 2. The average molecular weight is 1820 g/mol. The lowest BCUT2D eigenvalue weighted by Crippen LogP contribution is -2.19. The minimum Gasteiger partial charge on any atom is -0.507 e. The van der Waals surface area contributed by atoms with Gasteiger partial charge in [0.05, 0.1) is 119 Å². The van der Waals surface area contributed by atoms with Gasteiger partial charge in [-0.25, -0.2) is 0 Å². The predicted octanol–water partition coefficient (Wildman–Crippen LogP) is 22.2. The van der Waals surface area contributed by atoms with Crippen LogP contribution in [0.5, 0.6) is 46.0 Å². The number of ether oxygens (including phenoxy) is 16. The fourth-order valence-electron chi connectivity index (χ4n) is 17.2. The fourth-order valence-corrected chi connectivity index (χ4v) is 17.2. The number of benzene rings is 8. The van der Waals surface area contributed by atoms with E-state index in [0.29, 0.717) is 184 Å². The highest BCUT2D eigenvalue weighted by atomic mass is 16.6. The van der Waals surface area contributed by atoms with Crippen molar-refractivity contribution in [3.05, 3.63) is 231 Å². The highest BCUT2D eigenvalue weighted by molar-refractivity contribution is 5.63. The van der Waals surface area contributed by atoms with Crippen LogP contribution < -0.4 is 28.4 Å². The highest BCUT2D eigenvalue weighted by Gasteiger charge is 2.34. The van der Waals surface area contributed by atoms with Crippen molar-refractivity contribution in [3.8, 4) is 46.0 Å². The number of aromatic hydroxyl groups is 2. The lowest BCUT2D eigenvalue weighted by atomic mass is 9.79. The van der Waals surface area contributed by atoms with E-state index in [9.17, 15) is 10.2 Å². The molecule has 18 nitrogen and oxygen atoms in total. The molecule has 0 amide bonds. The molecule has 724 valence electrons. The van der Waals surface area contributed by atoms with Gasteiger partial charge in [0.1, 0.15) is 85.6 Å². The van der Waals surface area contributed by atoms with Gasteiger partial charge in [0.25, 0.3) is 0 Å². The lowest BCUT2D eigenvalue weighted by Gasteiger charge is -2.29. The zero-order chi connectivity index (χ0) is 95.7. The molecular formula is C114H160O18. The maximum absolute atomic E-state index is 12.8. The summed E-state index contributed by atoms with van der Waals surface area (Å²) in [6, 6.07) is 36.5. The van der Waals surface area contributed by atoms with E-state index in [1.54, 1.807) is 14.2 Å². The summed E-state index contributed by atoms with van der Waals surface area (Å²) in [6.45, 7) is 62.3. The van der Waals surface area contributed by atoms with Crippen LogP contribution in [0, 0.1) is 0 Å². The van der Waals surface area contributed by atoms with Crippen molar-refractivity contribution in [1.29, 1.82) is 0 Å². The Morgan fingerprint density at radius 3 is 0.500 bits per heavy atom. The fraction of sp³-hybridized carbons (Fsp3) is 0.579. The van der Waals surface area contributed by atoms with Gasteiger partial charge in [0, 0.05) is 65.6 Å². The van der Waals surface area contributed by atoms with Gasteiger partial charge in [0.15, 0.2) is 0 Å². The zero-order valence-electron chi connectivity index (χ0n) is 85.3. The van der Waals surface area contributed by atoms with Gasteiger partial charge in [0.2, 0.25) is 0 Å². The van der Waals surface area contributed by atoms with E-state index in [-0.39, 0.29) is 81.2 Å². The third-order valence-electron chi connectivity index (χ3n) is 25.2. The molecule has 8 aromatic rings. The predicted molar refractivity (Wildman–Crippen MR) is 530 cm³/mol. The van der Waals surface area contributed by atoms with E-state index in [2.05, 4.69) is 263 Å². The smallest absolute Gasteiger partial charge is 0.126 e. The van der Waals surface area contributed by atoms with Gasteiger partial charge in [-0.2, -0.15) is 0 Å². The van der Waals surface area contributed by atoms with Crippen LogP contribution in [-0.4, -0.2) is 183 Å². The van der Waals surface area contributed by atoms with Gasteiger partial charge in [-0.15, -0.1) is 0 Å². The van der Waals surface area contributed by atoms with Gasteiger partial charge in [-0.3, -0.25) is 0 Å². The second-order valence-electron chi connectivity index (χ2n) is 44.4. The monoisotopic (exact) mass is 1820 g/mol. The summed E-state index contributed by atoms with van der Waals surface area (Å²) in [5.74, 6) is 5.14. The molecular weight excluding hydrogens is 1660 g/mol. The molecule has 2 aliphatic carbocycles. The summed E-state index contributed by atoms with van der Waals surface area (Å²) in [5.41, 5.74) is 22.4. The standard InChI is InChI=1S/C114H160O18/c1-107(2,3)91-59-75-51-76-60-92(108(4,5)6)62-78(100(76)116)53-80-64-94(110(10,11)12)66-82-54-81-65-93(109(7,8)9)63-79(52-77(61-91)99(75)115)101(81)129-47-41-123-37-33-119-29-31-121-35-39-125-43-49-131-105-87-55-83-67-95(111(13,14)15)69-85(103(83)127-45-27-117-25)57-89-73-98(114(22,23)24)74-90(106(89)132-50-44-126-40-36-122-32-30-120-34-38-124-42-48-130-102(80)82)58-86-70-96(112(16,17)18)68-84(104(86)128-46-28-118-26)56-88(105)72-97(71-87)113(19,20)21/h59-74,115-116H,27-58H2,1-26H3. The Morgan fingerprint density at radius 1 is 0.197 bits per heavy atom. The minimum atomic E-state index is -0.274. The molecule has 0 aromatic heterocycles. The highest BCUT2D eigenvalue weighted by Crippen LogP contribution is 2.49. The molecule has 4 aliphatic rings. The van der Waals surface area contributed by atoms with Gasteiger partial charge < -0.3 is 86.0 Å². The van der Waals surface area contributed by atoms with Crippen LogP contribution in [0.15, 0.2) is 97.1 Å². The third kappa shape index (κ3) is 28.9. The topological polar surface area (TPSA) is 188 Å². The van der Waals surface area contributed by atoms with E-state index < -0.39 is 0 Å². The van der Waals surface area contributed by atoms with E-state index >= 15 is 0 Å². The number of rotatable bonds is 8. The molecule has 0 radical (unpaired) electrons. The Morgan fingerprint density at radius 2 is 0.333 bits per heavy atom. The van der Waals surface area contributed by atoms with Gasteiger partial charge >= 0.3 is 0 Å². The maximum atomic E-state index is 12.8. The molecule has 2 aliphatic heterocycles. The van der Waals surface area contributed by atoms with E-state index in [4.69, 9.17) is 75.8 Å². The number of methoxy groups -OCH3 is 2. The first kappa shape index (κ1) is 104. The van der Waals surface area contributed by atoms with Gasteiger partial charge in [-0.05, 0) is 177 Å². The van der Waals surface area contributed by atoms with Crippen molar-refractivity contribution < 1.29 is 86.0 Å². The molecule has 132 heavy (non-hydrogen) atoms. The van der Waals surface area contributed by atoms with Crippen molar-refractivity contribution in [3.63, 3.8) is 0 Å². The largest absolute Gasteiger partial charge is 0.507 e. The molecule has 0 spiro atoms. The van der Waals surface area contributed by atoms with Crippen LogP contribution in [-0.2, 0) is 142 Å². The molecule has 0 fully saturated rings. The average Bonchev–Trinajstić information content (AvgIpc) is 0.761. The zero-order valence-corrected chi connectivity index (χ0v) is 85.3. The van der Waals surface area contributed by atoms with Crippen molar-refractivity contribution in [1.82, 2.24) is 0 Å². The van der Waals surface area contributed by atoms with Crippen LogP contribution in [0.25, 0.3) is 0 Å². The third-order valence-corrected chi connectivity index (χ3v) is 25.2. The second kappa shape index (κ2) is 45.6. The van der Waals surface area contributed by atoms with E-state index in [1.807, 2.05) is 0 Å². The molecule has 20 bridgehead atoms. The molecule has 12 rings (SSSR count). The molecule has 8 aromatic carbocycles. The van der Waals surface area contributed by atoms with Crippen molar-refractivity contribution in [2.24, 2.45) is 0 Å². The first-order chi connectivity index (χ1) is 62.3. The SMILES string of the molecule is COCCOc1c2cc(C(C)(C)C)cc1Cc1cc(C(C)(C)C)cc3c1OCCOCCOCCOCCOCCOc1c4cc(C(C)(C)C)cc1Cc1cc(C(C)(C)C)cc(c1OCCOCCOCCOCCOCCOc1c(cc(C(C)(C)C)cc1Cc1cc(C(C)(C)C)cc(c1OCCOC)C3)C2)Cc1cc(C(C)(C)C)cc(c1O)Cc1cc(C(C)(C)C)cc(c1O)C4. The van der Waals surface area contributed by atoms with Crippen LogP contribution in [0.1, 0.15) is 300 Å². The lowest BCUT2D eigenvalue weighted by molar-refractivity contribution is -0.00709. The van der Waals surface area contributed by atoms with Gasteiger partial charge in [-0.1, -0.05) is 263 Å². The number of fused-ring (bicyclic) bond motifs is 34. The molecule has 2 heterocycles. The molecule has 18 heteroatoms. The second-order valence-corrected chi connectivity index (χ2v) is 44.4. The summed E-state index contributed by atoms with van der Waals surface area (Å²) in [5, 5.41) is 25.6. The number of hydrogen-bond acceptors (Lipinski definition) is 18. The molecule has 0 unspecified atom stereocenters. The van der Waals surface area contributed by atoms with Crippen molar-refractivity contribution in [2.45, 2.75) is 261 Å². The van der Waals surface area contributed by atoms with Crippen LogP contribution in [0.2, 0.25) is 0 Å². The minimum absolute atomic E-state index is 0.208. The Balaban J connectivity index is 0.920. The Bertz CT molecular complexity index is 4720. The summed E-state index contributed by atoms with van der Waals surface area (Å²) >= 11 is 0. The summed E-state index contributed by atoms with van der Waals surface area (Å²) in [6.07, 6.45) is 3.50. The number of phenols is 2. The molecule has 0 atom stereocenters. The Hall–Kier alpha value is -8.24. The van der Waals surface area contributed by atoms with E-state index in [0.717, 1.165) is 146 Å². The molecule has 0 saturated carbocycles. The van der Waals surface area contributed by atoms with Crippen LogP contribution in [0.3, 0.4) is 0 Å². The normalized spacial score (nSPS) is 16.6. The van der Waals surface area contributed by atoms with Crippen molar-refractivity contribution >= 4 is 0 Å². The Labute approximate surface area is 791 Å². The number of hydrogen-bond donors (Lipinski definition) is 2. The summed E-state index contributed by atoms with van der Waals surface area (Å²) in [4.78, 5) is 0. The molecule has 0 saturated heterocycles. The molecule has 2 N–H and O–H groups in total. The Kier molecular flexibility index (Phi) is 36.0. The van der Waals surface area contributed by atoms with E-state index in [1.165, 1.54) is 22.3 Å². The maximum Gasteiger partial charge on any atom is 0.126 e. The van der Waals surface area contributed by atoms with Crippen LogP contribution >= 0.6 is 0 Å². The van der Waals surface area contributed by atoms with Crippen molar-refractivity contribution in [2.75, 3.05) is 173 Å². The first-order valence-electron chi connectivity index (χ1n) is 48.3. The quantitative estimate of drug-likeness (QED) is 0.108. The first-order valence-corrected chi connectivity index (χ1v) is 48.3. The summed E-state index contributed by atoms with van der Waals surface area (Å²) < 4.78 is 105.